The molecule has 11 heteroatoms. The number of anilines is 1. The van der Waals surface area contributed by atoms with Crippen molar-refractivity contribution in [2.75, 3.05) is 5.32 Å². The number of nitrogens with one attached hydrogen (secondary N) is 1. The molecule has 4 rings (SSSR count). The topological polar surface area (TPSA) is 86.1 Å². The van der Waals surface area contributed by atoms with Gasteiger partial charge in [0.05, 0.1) is 15.9 Å². The van der Waals surface area contributed by atoms with Gasteiger partial charge in [0, 0.05) is 17.7 Å². The number of rotatable bonds is 5. The van der Waals surface area contributed by atoms with Crippen LogP contribution < -0.4 is 15.6 Å². The highest BCUT2D eigenvalue weighted by molar-refractivity contribution is 7.22. The van der Waals surface area contributed by atoms with Gasteiger partial charge in [-0.3, -0.25) is 9.59 Å². The molecule has 0 atom stereocenters. The van der Waals surface area contributed by atoms with Gasteiger partial charge in [-0.2, -0.15) is 5.10 Å². The second-order valence-corrected chi connectivity index (χ2v) is 7.36. The van der Waals surface area contributed by atoms with E-state index in [1.54, 1.807) is 6.07 Å². The summed E-state index contributed by atoms with van der Waals surface area (Å²) in [6.45, 7) is -0.349. The van der Waals surface area contributed by atoms with Crippen molar-refractivity contribution in [3.05, 3.63) is 71.0 Å². The molecule has 0 spiro atoms. The molecule has 0 aliphatic heterocycles. The Kier molecular flexibility index (Phi) is 5.42. The first-order chi connectivity index (χ1) is 14.8. The first-order valence-electron chi connectivity index (χ1n) is 8.87. The van der Waals surface area contributed by atoms with E-state index in [-0.39, 0.29) is 17.4 Å². The Morgan fingerprint density at radius 2 is 1.87 bits per heavy atom. The Bertz CT molecular complexity index is 1300. The quantitative estimate of drug-likeness (QED) is 0.500. The van der Waals surface area contributed by atoms with Gasteiger partial charge in [-0.05, 0) is 18.2 Å². The molecule has 0 aliphatic rings. The van der Waals surface area contributed by atoms with Gasteiger partial charge in [-0.25, -0.2) is 9.67 Å². The zero-order chi connectivity index (χ0) is 22.0. The summed E-state index contributed by atoms with van der Waals surface area (Å²) in [6.07, 6.45) is -4.80. The SMILES string of the molecule is O=C(Cn1nc(-c2ccccc2)ccc1=O)Nc1nc2ccc(OC(F)(F)F)cc2s1. The molecule has 1 amide bonds. The maximum atomic E-state index is 12.4. The molecule has 7 nitrogen and oxygen atoms in total. The van der Waals surface area contributed by atoms with Gasteiger partial charge in [-0.1, -0.05) is 41.7 Å². The van der Waals surface area contributed by atoms with E-state index in [0.717, 1.165) is 27.6 Å². The largest absolute Gasteiger partial charge is 0.573 e. The van der Waals surface area contributed by atoms with Crippen LogP contribution >= 0.6 is 11.3 Å². The number of thiazole rings is 1. The molecule has 1 N–H and O–H groups in total. The molecule has 2 aromatic carbocycles. The minimum Gasteiger partial charge on any atom is -0.406 e. The molecular formula is C20H13F3N4O3S. The fourth-order valence-corrected chi connectivity index (χ4v) is 3.69. The highest BCUT2D eigenvalue weighted by Gasteiger charge is 2.31. The third-order valence-electron chi connectivity index (χ3n) is 4.07. The van der Waals surface area contributed by atoms with Crippen LogP contribution in [0, 0.1) is 0 Å². The highest BCUT2D eigenvalue weighted by Crippen LogP contribution is 2.31. The first kappa shape index (κ1) is 20.5. The van der Waals surface area contributed by atoms with Crippen molar-refractivity contribution in [2.45, 2.75) is 12.9 Å². The van der Waals surface area contributed by atoms with Gasteiger partial charge >= 0.3 is 6.36 Å². The molecule has 0 saturated heterocycles. The van der Waals surface area contributed by atoms with E-state index in [1.165, 1.54) is 18.2 Å². The van der Waals surface area contributed by atoms with E-state index in [2.05, 4.69) is 20.1 Å². The highest BCUT2D eigenvalue weighted by atomic mass is 32.1. The van der Waals surface area contributed by atoms with Crippen molar-refractivity contribution < 1.29 is 22.7 Å². The lowest BCUT2D eigenvalue weighted by atomic mass is 10.1. The number of carbonyl (C=O) groups excluding carboxylic acids is 1. The van der Waals surface area contributed by atoms with Crippen LogP contribution in [-0.4, -0.2) is 27.0 Å². The summed E-state index contributed by atoms with van der Waals surface area (Å²) in [5.41, 5.74) is 1.27. The minimum atomic E-state index is -4.80. The van der Waals surface area contributed by atoms with Crippen LogP contribution in [0.4, 0.5) is 18.3 Å². The number of benzene rings is 2. The maximum absolute atomic E-state index is 12.4. The summed E-state index contributed by atoms with van der Waals surface area (Å²) in [4.78, 5) is 28.6. The molecule has 0 aliphatic carbocycles. The minimum absolute atomic E-state index is 0.177. The van der Waals surface area contributed by atoms with E-state index in [9.17, 15) is 22.8 Å². The van der Waals surface area contributed by atoms with Crippen molar-refractivity contribution in [1.82, 2.24) is 14.8 Å². The van der Waals surface area contributed by atoms with Crippen molar-refractivity contribution in [3.63, 3.8) is 0 Å². The first-order valence-corrected chi connectivity index (χ1v) is 9.68. The average Bonchev–Trinajstić information content (AvgIpc) is 3.10. The fraction of sp³-hybridized carbons (Fsp3) is 0.100. The number of carbonyl (C=O) groups is 1. The number of hydrogen-bond donors (Lipinski definition) is 1. The molecule has 2 aromatic heterocycles. The van der Waals surface area contributed by atoms with E-state index in [0.29, 0.717) is 15.9 Å². The van der Waals surface area contributed by atoms with Crippen molar-refractivity contribution in [3.8, 4) is 17.0 Å². The van der Waals surface area contributed by atoms with Gasteiger partial charge in [0.25, 0.3) is 5.56 Å². The summed E-state index contributed by atoms with van der Waals surface area (Å²) >= 11 is 0.982. The number of hydrogen-bond acceptors (Lipinski definition) is 6. The van der Waals surface area contributed by atoms with E-state index >= 15 is 0 Å². The Balaban J connectivity index is 1.50. The number of alkyl halides is 3. The molecule has 0 unspecified atom stereocenters. The van der Waals surface area contributed by atoms with Gasteiger partial charge in [0.2, 0.25) is 5.91 Å². The summed E-state index contributed by atoms with van der Waals surface area (Å²) < 4.78 is 42.4. The Morgan fingerprint density at radius 1 is 1.10 bits per heavy atom. The zero-order valence-corrected chi connectivity index (χ0v) is 16.4. The van der Waals surface area contributed by atoms with Crippen LogP contribution in [0.15, 0.2) is 65.5 Å². The Hall–Kier alpha value is -3.73. The number of fused-ring (bicyclic) bond motifs is 1. The molecule has 0 saturated carbocycles. The number of halogens is 3. The predicted molar refractivity (Wildman–Crippen MR) is 109 cm³/mol. The molecule has 31 heavy (non-hydrogen) atoms. The van der Waals surface area contributed by atoms with E-state index < -0.39 is 17.8 Å². The summed E-state index contributed by atoms with van der Waals surface area (Å²) in [5.74, 6) is -0.930. The van der Waals surface area contributed by atoms with Crippen LogP contribution in [0.3, 0.4) is 0 Å². The van der Waals surface area contributed by atoms with Crippen molar-refractivity contribution >= 4 is 32.6 Å². The smallest absolute Gasteiger partial charge is 0.406 e. The van der Waals surface area contributed by atoms with Gasteiger partial charge < -0.3 is 10.1 Å². The van der Waals surface area contributed by atoms with E-state index in [1.807, 2.05) is 30.3 Å². The third kappa shape index (κ3) is 5.07. The summed E-state index contributed by atoms with van der Waals surface area (Å²) in [6, 6.07) is 15.7. The van der Waals surface area contributed by atoms with Crippen LogP contribution in [0.1, 0.15) is 0 Å². The monoisotopic (exact) mass is 446 g/mol. The number of ether oxygens (including phenoxy) is 1. The summed E-state index contributed by atoms with van der Waals surface area (Å²) in [7, 11) is 0. The molecule has 0 bridgehead atoms. The van der Waals surface area contributed by atoms with Gasteiger partial charge in [0.15, 0.2) is 5.13 Å². The average molecular weight is 446 g/mol. The number of amides is 1. The predicted octanol–water partition coefficient (Wildman–Crippen LogP) is 4.06. The standard InChI is InChI=1S/C20H13F3N4O3S/c21-20(22,23)30-13-6-7-15-16(10-13)31-19(24-15)25-17(28)11-27-18(29)9-8-14(26-27)12-4-2-1-3-5-12/h1-10H,11H2,(H,24,25,28). The van der Waals surface area contributed by atoms with Crippen LogP contribution in [-0.2, 0) is 11.3 Å². The van der Waals surface area contributed by atoms with Gasteiger partial charge in [-0.15, -0.1) is 13.2 Å². The van der Waals surface area contributed by atoms with Crippen LogP contribution in [0.25, 0.3) is 21.5 Å². The lowest BCUT2D eigenvalue weighted by molar-refractivity contribution is -0.274. The lowest BCUT2D eigenvalue weighted by Crippen LogP contribution is -2.29. The van der Waals surface area contributed by atoms with Crippen LogP contribution in [0.5, 0.6) is 5.75 Å². The molecule has 0 fully saturated rings. The van der Waals surface area contributed by atoms with Crippen LogP contribution in [0.2, 0.25) is 0 Å². The van der Waals surface area contributed by atoms with Crippen molar-refractivity contribution in [2.24, 2.45) is 0 Å². The van der Waals surface area contributed by atoms with Gasteiger partial charge in [0.1, 0.15) is 12.3 Å². The normalized spacial score (nSPS) is 11.5. The van der Waals surface area contributed by atoms with Crippen molar-refractivity contribution in [1.29, 1.82) is 0 Å². The lowest BCUT2D eigenvalue weighted by Gasteiger charge is -2.07. The van der Waals surface area contributed by atoms with E-state index in [4.69, 9.17) is 0 Å². The molecule has 2 heterocycles. The Labute approximate surface area is 176 Å². The molecule has 0 radical (unpaired) electrons. The second-order valence-electron chi connectivity index (χ2n) is 6.33. The second kappa shape index (κ2) is 8.19. The summed E-state index contributed by atoms with van der Waals surface area (Å²) in [5, 5.41) is 6.93. The molecule has 4 aromatic rings. The third-order valence-corrected chi connectivity index (χ3v) is 5.00. The molecular weight excluding hydrogens is 433 g/mol. The molecule has 158 valence electrons. The Morgan fingerprint density at radius 3 is 2.61 bits per heavy atom. The zero-order valence-electron chi connectivity index (χ0n) is 15.6. The fourth-order valence-electron chi connectivity index (χ4n) is 2.78. The number of aromatic nitrogens is 3. The maximum Gasteiger partial charge on any atom is 0.573 e. The number of nitrogens with zero attached hydrogens (tertiary/aromatic N) is 3.